The molecule has 27 heavy (non-hydrogen) atoms. The van der Waals surface area contributed by atoms with Gasteiger partial charge in [0.2, 0.25) is 5.91 Å². The van der Waals surface area contributed by atoms with Crippen LogP contribution in [0, 0.1) is 6.92 Å². The average Bonchev–Trinajstić information content (AvgIpc) is 2.65. The number of nitrogens with two attached hydrogens (primary N) is 1. The van der Waals surface area contributed by atoms with Gasteiger partial charge in [0, 0.05) is 18.7 Å². The average molecular weight is 390 g/mol. The van der Waals surface area contributed by atoms with Gasteiger partial charge in [0.1, 0.15) is 0 Å². The topological polar surface area (TPSA) is 84.2 Å². The SMILES string of the molecule is CCCC(N)C(=O)NCc1cccc(C(=O)NCc2ccc(C)cc2)c1.Cl. The van der Waals surface area contributed by atoms with E-state index in [0.29, 0.717) is 25.1 Å². The Morgan fingerprint density at radius 3 is 2.33 bits per heavy atom. The van der Waals surface area contributed by atoms with Crippen LogP contribution >= 0.6 is 12.4 Å². The van der Waals surface area contributed by atoms with Crippen LogP contribution in [0.5, 0.6) is 0 Å². The van der Waals surface area contributed by atoms with Gasteiger partial charge in [-0.3, -0.25) is 9.59 Å². The molecule has 0 heterocycles. The molecule has 0 radical (unpaired) electrons. The maximum atomic E-state index is 12.4. The first-order valence-electron chi connectivity index (χ1n) is 8.95. The minimum absolute atomic E-state index is 0. The fourth-order valence-electron chi connectivity index (χ4n) is 2.58. The third-order valence-corrected chi connectivity index (χ3v) is 4.17. The third kappa shape index (κ3) is 7.41. The van der Waals surface area contributed by atoms with Gasteiger partial charge in [-0.25, -0.2) is 0 Å². The number of amides is 2. The predicted molar refractivity (Wildman–Crippen MR) is 111 cm³/mol. The fraction of sp³-hybridized carbons (Fsp3) is 0.333. The number of benzene rings is 2. The van der Waals surface area contributed by atoms with E-state index in [4.69, 9.17) is 5.73 Å². The summed E-state index contributed by atoms with van der Waals surface area (Å²) in [4.78, 5) is 24.2. The molecule has 0 aliphatic carbocycles. The Kier molecular flexibility index (Phi) is 9.54. The first kappa shape index (κ1) is 22.7. The Balaban J connectivity index is 0.00000364. The molecule has 2 rings (SSSR count). The number of nitrogens with one attached hydrogen (secondary N) is 2. The minimum Gasteiger partial charge on any atom is -0.351 e. The Morgan fingerprint density at radius 2 is 1.67 bits per heavy atom. The summed E-state index contributed by atoms with van der Waals surface area (Å²) < 4.78 is 0. The largest absolute Gasteiger partial charge is 0.351 e. The zero-order valence-corrected chi connectivity index (χ0v) is 16.6. The van der Waals surface area contributed by atoms with Crippen LogP contribution in [0.25, 0.3) is 0 Å². The van der Waals surface area contributed by atoms with Gasteiger partial charge in [-0.1, -0.05) is 55.3 Å². The van der Waals surface area contributed by atoms with Gasteiger partial charge >= 0.3 is 0 Å². The lowest BCUT2D eigenvalue weighted by Gasteiger charge is -2.12. The van der Waals surface area contributed by atoms with Crippen molar-refractivity contribution in [3.05, 3.63) is 70.8 Å². The zero-order valence-electron chi connectivity index (χ0n) is 15.8. The highest BCUT2D eigenvalue weighted by Gasteiger charge is 2.12. The summed E-state index contributed by atoms with van der Waals surface area (Å²) in [5, 5.41) is 5.73. The number of halogens is 1. The molecule has 146 valence electrons. The molecule has 4 N–H and O–H groups in total. The summed E-state index contributed by atoms with van der Waals surface area (Å²) in [5.41, 5.74) is 9.48. The molecule has 1 unspecified atom stereocenters. The number of hydrogen-bond donors (Lipinski definition) is 3. The molecule has 0 aliphatic heterocycles. The Bertz CT molecular complexity index is 747. The molecular formula is C21H28ClN3O2. The lowest BCUT2D eigenvalue weighted by molar-refractivity contribution is -0.122. The first-order chi connectivity index (χ1) is 12.5. The second-order valence-electron chi connectivity index (χ2n) is 6.48. The van der Waals surface area contributed by atoms with Crippen molar-refractivity contribution in [3.8, 4) is 0 Å². The Labute approximate surface area is 167 Å². The molecule has 0 fully saturated rings. The van der Waals surface area contributed by atoms with Crippen LogP contribution in [0.2, 0.25) is 0 Å². The van der Waals surface area contributed by atoms with Crippen molar-refractivity contribution in [1.82, 2.24) is 10.6 Å². The molecule has 2 amide bonds. The van der Waals surface area contributed by atoms with E-state index in [1.807, 2.05) is 50.2 Å². The van der Waals surface area contributed by atoms with Crippen molar-refractivity contribution in [1.29, 1.82) is 0 Å². The van der Waals surface area contributed by atoms with E-state index in [1.54, 1.807) is 12.1 Å². The molecule has 2 aromatic carbocycles. The lowest BCUT2D eigenvalue weighted by atomic mass is 10.1. The smallest absolute Gasteiger partial charge is 0.251 e. The van der Waals surface area contributed by atoms with Gasteiger partial charge in [-0.05, 0) is 36.6 Å². The highest BCUT2D eigenvalue weighted by atomic mass is 35.5. The highest BCUT2D eigenvalue weighted by molar-refractivity contribution is 5.94. The van der Waals surface area contributed by atoms with Gasteiger partial charge in [0.05, 0.1) is 6.04 Å². The monoisotopic (exact) mass is 389 g/mol. The van der Waals surface area contributed by atoms with Gasteiger partial charge in [0.15, 0.2) is 0 Å². The van der Waals surface area contributed by atoms with Crippen molar-refractivity contribution < 1.29 is 9.59 Å². The van der Waals surface area contributed by atoms with Crippen LogP contribution < -0.4 is 16.4 Å². The molecule has 0 aliphatic rings. The highest BCUT2D eigenvalue weighted by Crippen LogP contribution is 2.07. The molecule has 0 aromatic heterocycles. The molecule has 5 nitrogen and oxygen atoms in total. The number of rotatable bonds is 8. The fourth-order valence-corrected chi connectivity index (χ4v) is 2.58. The first-order valence-corrected chi connectivity index (χ1v) is 8.95. The zero-order chi connectivity index (χ0) is 18.9. The van der Waals surface area contributed by atoms with Crippen molar-refractivity contribution in [3.63, 3.8) is 0 Å². The summed E-state index contributed by atoms with van der Waals surface area (Å²) >= 11 is 0. The number of carbonyl (C=O) groups is 2. The Hall–Kier alpha value is -2.37. The van der Waals surface area contributed by atoms with E-state index in [-0.39, 0.29) is 24.2 Å². The molecule has 0 saturated carbocycles. The van der Waals surface area contributed by atoms with Gasteiger partial charge in [0.25, 0.3) is 5.91 Å². The maximum Gasteiger partial charge on any atom is 0.251 e. The van der Waals surface area contributed by atoms with Crippen molar-refractivity contribution in [2.24, 2.45) is 5.73 Å². The second kappa shape index (κ2) is 11.4. The van der Waals surface area contributed by atoms with Crippen LogP contribution in [-0.4, -0.2) is 17.9 Å². The van der Waals surface area contributed by atoms with E-state index in [2.05, 4.69) is 10.6 Å². The number of aryl methyl sites for hydroxylation is 1. The van der Waals surface area contributed by atoms with Crippen molar-refractivity contribution in [2.75, 3.05) is 0 Å². The summed E-state index contributed by atoms with van der Waals surface area (Å²) in [6, 6.07) is 14.8. The molecule has 0 bridgehead atoms. The molecular weight excluding hydrogens is 362 g/mol. The van der Waals surface area contributed by atoms with Crippen LogP contribution in [0.1, 0.15) is 46.8 Å². The lowest BCUT2D eigenvalue weighted by Crippen LogP contribution is -2.40. The maximum absolute atomic E-state index is 12.4. The summed E-state index contributed by atoms with van der Waals surface area (Å²) in [6.07, 6.45) is 1.53. The molecule has 1 atom stereocenters. The molecule has 0 saturated heterocycles. The number of carbonyl (C=O) groups excluding carboxylic acids is 2. The van der Waals surface area contributed by atoms with E-state index < -0.39 is 6.04 Å². The second-order valence-corrected chi connectivity index (χ2v) is 6.48. The van der Waals surface area contributed by atoms with Crippen LogP contribution in [0.15, 0.2) is 48.5 Å². The van der Waals surface area contributed by atoms with E-state index in [9.17, 15) is 9.59 Å². The molecule has 6 heteroatoms. The summed E-state index contributed by atoms with van der Waals surface area (Å²) in [7, 11) is 0. The quantitative estimate of drug-likeness (QED) is 0.648. The standard InChI is InChI=1S/C21H27N3O2.ClH/c1-3-5-19(22)21(26)24-14-17-6-4-7-18(12-17)20(25)23-13-16-10-8-15(2)9-11-16;/h4,6-12,19H,3,5,13-14,22H2,1-2H3,(H,23,25)(H,24,26);1H. The molecule has 2 aromatic rings. The van der Waals surface area contributed by atoms with Crippen molar-refractivity contribution in [2.45, 2.75) is 45.8 Å². The third-order valence-electron chi connectivity index (χ3n) is 4.17. The van der Waals surface area contributed by atoms with Gasteiger partial charge in [-0.2, -0.15) is 0 Å². The van der Waals surface area contributed by atoms with Crippen LogP contribution in [-0.2, 0) is 17.9 Å². The van der Waals surface area contributed by atoms with E-state index in [1.165, 1.54) is 5.56 Å². The van der Waals surface area contributed by atoms with Gasteiger partial charge in [-0.15, -0.1) is 12.4 Å². The molecule has 0 spiro atoms. The summed E-state index contributed by atoms with van der Waals surface area (Å²) in [6.45, 7) is 4.86. The van der Waals surface area contributed by atoms with Gasteiger partial charge < -0.3 is 16.4 Å². The van der Waals surface area contributed by atoms with Crippen LogP contribution in [0.3, 0.4) is 0 Å². The minimum atomic E-state index is -0.485. The van der Waals surface area contributed by atoms with Crippen molar-refractivity contribution >= 4 is 24.2 Å². The predicted octanol–water partition coefficient (Wildman–Crippen LogP) is 3.09. The number of hydrogen-bond acceptors (Lipinski definition) is 3. The Morgan fingerprint density at radius 1 is 1.00 bits per heavy atom. The summed E-state index contributed by atoms with van der Waals surface area (Å²) in [5.74, 6) is -0.303. The van der Waals surface area contributed by atoms with Crippen LogP contribution in [0.4, 0.5) is 0 Å². The van der Waals surface area contributed by atoms with E-state index in [0.717, 1.165) is 17.5 Å². The van der Waals surface area contributed by atoms with E-state index >= 15 is 0 Å². The normalized spacial score (nSPS) is 11.2.